The van der Waals surface area contributed by atoms with Gasteiger partial charge in [-0.3, -0.25) is 9.69 Å². The first-order chi connectivity index (χ1) is 13.3. The summed E-state index contributed by atoms with van der Waals surface area (Å²) in [5, 5.41) is 0.592. The van der Waals surface area contributed by atoms with Crippen molar-refractivity contribution < 1.29 is 22.7 Å². The number of hydrogen-bond donors (Lipinski definition) is 0. The average Bonchev–Trinajstić information content (AvgIpc) is 2.68. The van der Waals surface area contributed by atoms with E-state index in [1.54, 1.807) is 29.2 Å². The highest BCUT2D eigenvalue weighted by Gasteiger charge is 2.30. The van der Waals surface area contributed by atoms with E-state index in [4.69, 9.17) is 16.3 Å². The lowest BCUT2D eigenvalue weighted by Crippen LogP contribution is -2.49. The Bertz CT molecular complexity index is 787. The highest BCUT2D eigenvalue weighted by molar-refractivity contribution is 6.30. The summed E-state index contributed by atoms with van der Waals surface area (Å²) in [7, 11) is 0. The van der Waals surface area contributed by atoms with Gasteiger partial charge in [-0.1, -0.05) is 11.6 Å². The lowest BCUT2D eigenvalue weighted by atomic mass is 10.2. The van der Waals surface area contributed by atoms with Crippen molar-refractivity contribution in [2.75, 3.05) is 39.3 Å². The van der Waals surface area contributed by atoms with Crippen LogP contribution in [-0.4, -0.2) is 55.0 Å². The molecule has 0 bridgehead atoms. The Morgan fingerprint density at radius 3 is 2.14 bits per heavy atom. The number of rotatable bonds is 5. The summed E-state index contributed by atoms with van der Waals surface area (Å²) in [5.41, 5.74) is -0.0789. The minimum atomic E-state index is -4.35. The molecule has 2 aromatic carbocycles. The molecule has 0 N–H and O–H groups in total. The van der Waals surface area contributed by atoms with Gasteiger partial charge in [0.2, 0.25) is 0 Å². The van der Waals surface area contributed by atoms with Crippen molar-refractivity contribution in [2.45, 2.75) is 6.18 Å². The molecule has 0 radical (unpaired) electrons. The summed E-state index contributed by atoms with van der Waals surface area (Å²) in [4.78, 5) is 16.4. The maximum absolute atomic E-state index is 12.5. The number of hydrogen-bond acceptors (Lipinski definition) is 3. The van der Waals surface area contributed by atoms with Crippen LogP contribution in [0.4, 0.5) is 13.2 Å². The number of nitrogens with zero attached hydrogens (tertiary/aromatic N) is 2. The number of benzene rings is 2. The molecular weight excluding hydrogens is 393 g/mol. The Balaban J connectivity index is 1.41. The molecule has 1 amide bonds. The second kappa shape index (κ2) is 8.84. The van der Waals surface area contributed by atoms with E-state index in [2.05, 4.69) is 4.90 Å². The van der Waals surface area contributed by atoms with Crippen LogP contribution in [0, 0.1) is 0 Å². The van der Waals surface area contributed by atoms with Crippen LogP contribution in [0.2, 0.25) is 5.02 Å². The molecule has 1 heterocycles. The first kappa shape index (κ1) is 20.5. The molecule has 0 saturated carbocycles. The number of carbonyl (C=O) groups excluding carboxylic acids is 1. The van der Waals surface area contributed by atoms with E-state index in [1.165, 1.54) is 12.1 Å². The zero-order valence-electron chi connectivity index (χ0n) is 15.1. The third kappa shape index (κ3) is 5.39. The van der Waals surface area contributed by atoms with E-state index in [9.17, 15) is 18.0 Å². The number of piperazine rings is 1. The van der Waals surface area contributed by atoms with Crippen LogP contribution in [-0.2, 0) is 6.18 Å². The molecule has 150 valence electrons. The minimum absolute atomic E-state index is 0.0164. The van der Waals surface area contributed by atoms with Crippen molar-refractivity contribution in [3.8, 4) is 5.75 Å². The third-order valence-electron chi connectivity index (χ3n) is 4.61. The van der Waals surface area contributed by atoms with Gasteiger partial charge in [0.05, 0.1) is 5.56 Å². The van der Waals surface area contributed by atoms with E-state index in [1.807, 2.05) is 0 Å². The molecule has 4 nitrogen and oxygen atoms in total. The SMILES string of the molecule is O=C(c1ccc(Cl)cc1)N1CCN(CCOc2ccc(C(F)(F)F)cc2)CC1. The van der Waals surface area contributed by atoms with Gasteiger partial charge in [0.15, 0.2) is 0 Å². The van der Waals surface area contributed by atoms with Crippen LogP contribution < -0.4 is 4.74 Å². The molecule has 1 aliphatic rings. The zero-order chi connectivity index (χ0) is 20.1. The summed E-state index contributed by atoms with van der Waals surface area (Å²) in [6.45, 7) is 3.68. The van der Waals surface area contributed by atoms with Gasteiger partial charge in [-0.25, -0.2) is 0 Å². The van der Waals surface area contributed by atoms with E-state index in [-0.39, 0.29) is 5.91 Å². The topological polar surface area (TPSA) is 32.8 Å². The Morgan fingerprint density at radius 2 is 1.57 bits per heavy atom. The maximum atomic E-state index is 12.5. The predicted octanol–water partition coefficient (Wildman–Crippen LogP) is 4.20. The largest absolute Gasteiger partial charge is 0.492 e. The van der Waals surface area contributed by atoms with Gasteiger partial charge >= 0.3 is 6.18 Å². The second-order valence-corrected chi connectivity index (χ2v) is 6.95. The fourth-order valence-corrected chi connectivity index (χ4v) is 3.11. The molecule has 1 aliphatic heterocycles. The van der Waals surface area contributed by atoms with Crippen molar-refractivity contribution in [3.05, 3.63) is 64.7 Å². The molecule has 0 unspecified atom stereocenters. The van der Waals surface area contributed by atoms with E-state index in [0.29, 0.717) is 42.6 Å². The monoisotopic (exact) mass is 412 g/mol. The van der Waals surface area contributed by atoms with Gasteiger partial charge in [0.25, 0.3) is 5.91 Å². The summed E-state index contributed by atoms with van der Waals surface area (Å²) in [6.07, 6.45) is -4.35. The van der Waals surface area contributed by atoms with Crippen LogP contribution in [0.1, 0.15) is 15.9 Å². The number of amides is 1. The molecule has 0 aliphatic carbocycles. The van der Waals surface area contributed by atoms with Crippen LogP contribution in [0.25, 0.3) is 0 Å². The summed E-state index contributed by atoms with van der Waals surface area (Å²) < 4.78 is 43.2. The van der Waals surface area contributed by atoms with E-state index in [0.717, 1.165) is 25.2 Å². The number of halogens is 4. The lowest BCUT2D eigenvalue weighted by Gasteiger charge is -2.34. The van der Waals surface area contributed by atoms with Crippen LogP contribution in [0.15, 0.2) is 48.5 Å². The molecule has 0 atom stereocenters. The molecule has 0 spiro atoms. The predicted molar refractivity (Wildman–Crippen MR) is 101 cm³/mol. The quantitative estimate of drug-likeness (QED) is 0.738. The average molecular weight is 413 g/mol. The van der Waals surface area contributed by atoms with Gasteiger partial charge in [0, 0.05) is 43.3 Å². The summed E-state index contributed by atoms with van der Waals surface area (Å²) in [5.74, 6) is 0.391. The lowest BCUT2D eigenvalue weighted by molar-refractivity contribution is -0.137. The summed E-state index contributed by atoms with van der Waals surface area (Å²) >= 11 is 5.85. The molecule has 1 saturated heterocycles. The van der Waals surface area contributed by atoms with Gasteiger partial charge in [-0.05, 0) is 48.5 Å². The van der Waals surface area contributed by atoms with Crippen molar-refractivity contribution in [2.24, 2.45) is 0 Å². The third-order valence-corrected chi connectivity index (χ3v) is 4.86. The minimum Gasteiger partial charge on any atom is -0.492 e. The molecule has 8 heteroatoms. The first-order valence-corrected chi connectivity index (χ1v) is 9.28. The molecule has 3 rings (SSSR count). The Morgan fingerprint density at radius 1 is 0.964 bits per heavy atom. The normalized spacial score (nSPS) is 15.5. The van der Waals surface area contributed by atoms with Crippen molar-refractivity contribution >= 4 is 17.5 Å². The van der Waals surface area contributed by atoms with Gasteiger partial charge < -0.3 is 9.64 Å². The fraction of sp³-hybridized carbons (Fsp3) is 0.350. The fourth-order valence-electron chi connectivity index (χ4n) is 2.98. The number of alkyl halides is 3. The van der Waals surface area contributed by atoms with E-state index >= 15 is 0 Å². The van der Waals surface area contributed by atoms with Crippen LogP contribution in [0.3, 0.4) is 0 Å². The van der Waals surface area contributed by atoms with E-state index < -0.39 is 11.7 Å². The Labute approximate surface area is 166 Å². The zero-order valence-corrected chi connectivity index (χ0v) is 15.8. The number of carbonyl (C=O) groups is 1. The second-order valence-electron chi connectivity index (χ2n) is 6.51. The Kier molecular flexibility index (Phi) is 6.46. The molecule has 1 fully saturated rings. The number of ether oxygens (including phenoxy) is 1. The van der Waals surface area contributed by atoms with Crippen molar-refractivity contribution in [1.29, 1.82) is 0 Å². The van der Waals surface area contributed by atoms with Crippen LogP contribution >= 0.6 is 11.6 Å². The first-order valence-electron chi connectivity index (χ1n) is 8.90. The molecular formula is C20H20ClF3N2O2. The molecule has 2 aromatic rings. The van der Waals surface area contributed by atoms with Crippen LogP contribution in [0.5, 0.6) is 5.75 Å². The highest BCUT2D eigenvalue weighted by Crippen LogP contribution is 2.30. The smallest absolute Gasteiger partial charge is 0.416 e. The summed E-state index contributed by atoms with van der Waals surface area (Å²) in [6, 6.07) is 11.5. The molecule has 28 heavy (non-hydrogen) atoms. The van der Waals surface area contributed by atoms with Crippen molar-refractivity contribution in [1.82, 2.24) is 9.80 Å². The molecule has 0 aromatic heterocycles. The standard InChI is InChI=1S/C20H20ClF3N2O2/c21-17-5-1-15(2-6-17)19(27)26-11-9-25(10-12-26)13-14-28-18-7-3-16(4-8-18)20(22,23)24/h1-8H,9-14H2. The maximum Gasteiger partial charge on any atom is 0.416 e. The van der Waals surface area contributed by atoms with Gasteiger partial charge in [-0.2, -0.15) is 13.2 Å². The van der Waals surface area contributed by atoms with Crippen molar-refractivity contribution in [3.63, 3.8) is 0 Å². The van der Waals surface area contributed by atoms with Gasteiger partial charge in [0.1, 0.15) is 12.4 Å². The highest BCUT2D eigenvalue weighted by atomic mass is 35.5. The van der Waals surface area contributed by atoms with Gasteiger partial charge in [-0.15, -0.1) is 0 Å². The Hall–Kier alpha value is -2.25.